The highest BCUT2D eigenvalue weighted by atomic mass is 19.1. The number of carbonyl (C=O) groups excluding carboxylic acids is 1. The Morgan fingerprint density at radius 1 is 1.00 bits per heavy atom. The van der Waals surface area contributed by atoms with Gasteiger partial charge in [0.15, 0.2) is 0 Å². The average molecular weight is 341 g/mol. The van der Waals surface area contributed by atoms with Gasteiger partial charge in [-0.1, -0.05) is 6.07 Å². The van der Waals surface area contributed by atoms with Crippen LogP contribution in [0.4, 0.5) is 15.8 Å². The Labute approximate surface area is 148 Å². The second-order valence-corrected chi connectivity index (χ2v) is 6.70. The summed E-state index contributed by atoms with van der Waals surface area (Å²) in [5, 5.41) is 2.87. The van der Waals surface area contributed by atoms with Crippen molar-refractivity contribution in [3.63, 3.8) is 0 Å². The first-order chi connectivity index (χ1) is 11.9. The van der Waals surface area contributed by atoms with Crippen molar-refractivity contribution in [1.82, 2.24) is 4.90 Å². The number of aryl methyl sites for hydroxylation is 2. The predicted molar refractivity (Wildman–Crippen MR) is 100.0 cm³/mol. The summed E-state index contributed by atoms with van der Waals surface area (Å²) in [7, 11) is 2.14. The molecule has 1 fully saturated rings. The molecular formula is C20H24FN3O. The first-order valence-corrected chi connectivity index (χ1v) is 8.55. The standard InChI is InChI=1S/C20H24FN3O/c1-14-4-5-16(21)13-18(14)20(25)22-17-6-7-19(15(2)12-17)24-10-8-23(3)9-11-24/h4-7,12-13H,8-11H2,1-3H3,(H,22,25). The van der Waals surface area contributed by atoms with Crippen LogP contribution in [-0.2, 0) is 0 Å². The van der Waals surface area contributed by atoms with E-state index in [1.807, 2.05) is 12.1 Å². The predicted octanol–water partition coefficient (Wildman–Crippen LogP) is 3.45. The van der Waals surface area contributed by atoms with Crippen molar-refractivity contribution in [3.8, 4) is 0 Å². The third-order valence-electron chi connectivity index (χ3n) is 4.74. The molecule has 3 rings (SSSR count). The van der Waals surface area contributed by atoms with E-state index in [1.54, 1.807) is 13.0 Å². The Hall–Kier alpha value is -2.40. The molecule has 1 aliphatic rings. The van der Waals surface area contributed by atoms with Crippen LogP contribution in [0, 0.1) is 19.7 Å². The molecule has 1 amide bonds. The molecule has 1 N–H and O–H groups in total. The van der Waals surface area contributed by atoms with Crippen molar-refractivity contribution in [3.05, 3.63) is 58.9 Å². The zero-order chi connectivity index (χ0) is 18.0. The molecule has 0 spiro atoms. The SMILES string of the molecule is Cc1ccc(F)cc1C(=O)Nc1ccc(N2CCN(C)CC2)c(C)c1. The molecule has 0 aromatic heterocycles. The van der Waals surface area contributed by atoms with Crippen molar-refractivity contribution < 1.29 is 9.18 Å². The molecule has 0 aliphatic carbocycles. The number of nitrogens with one attached hydrogen (secondary N) is 1. The number of rotatable bonds is 3. The van der Waals surface area contributed by atoms with Gasteiger partial charge in [0.1, 0.15) is 5.82 Å². The van der Waals surface area contributed by atoms with Gasteiger partial charge >= 0.3 is 0 Å². The minimum absolute atomic E-state index is 0.288. The molecule has 132 valence electrons. The van der Waals surface area contributed by atoms with Crippen LogP contribution >= 0.6 is 0 Å². The molecule has 5 heteroatoms. The van der Waals surface area contributed by atoms with E-state index in [1.165, 1.54) is 17.8 Å². The summed E-state index contributed by atoms with van der Waals surface area (Å²) >= 11 is 0. The number of benzene rings is 2. The lowest BCUT2D eigenvalue weighted by Gasteiger charge is -2.35. The van der Waals surface area contributed by atoms with Crippen molar-refractivity contribution in [2.45, 2.75) is 13.8 Å². The summed E-state index contributed by atoms with van der Waals surface area (Å²) in [6.45, 7) is 7.97. The minimum atomic E-state index is -0.405. The molecule has 0 unspecified atom stereocenters. The molecular weight excluding hydrogens is 317 g/mol. The Bertz CT molecular complexity index is 783. The lowest BCUT2D eigenvalue weighted by atomic mass is 10.1. The van der Waals surface area contributed by atoms with Gasteiger partial charge in [0.25, 0.3) is 5.91 Å². The fourth-order valence-corrected chi connectivity index (χ4v) is 3.17. The van der Waals surface area contributed by atoms with Gasteiger partial charge in [-0.15, -0.1) is 0 Å². The molecule has 0 bridgehead atoms. The normalized spacial score (nSPS) is 15.3. The van der Waals surface area contributed by atoms with Crippen LogP contribution in [0.1, 0.15) is 21.5 Å². The maximum absolute atomic E-state index is 13.4. The summed E-state index contributed by atoms with van der Waals surface area (Å²) in [6, 6.07) is 10.2. The summed E-state index contributed by atoms with van der Waals surface area (Å²) < 4.78 is 13.4. The molecule has 2 aromatic rings. The number of halogens is 1. The van der Waals surface area contributed by atoms with Crippen molar-refractivity contribution in [1.29, 1.82) is 0 Å². The van der Waals surface area contributed by atoms with Crippen LogP contribution in [0.2, 0.25) is 0 Å². The average Bonchev–Trinajstić information content (AvgIpc) is 2.58. The van der Waals surface area contributed by atoms with Gasteiger partial charge < -0.3 is 15.1 Å². The number of anilines is 2. The smallest absolute Gasteiger partial charge is 0.256 e. The fourth-order valence-electron chi connectivity index (χ4n) is 3.17. The van der Waals surface area contributed by atoms with E-state index in [4.69, 9.17) is 0 Å². The zero-order valence-electron chi connectivity index (χ0n) is 15.0. The van der Waals surface area contributed by atoms with Crippen LogP contribution in [-0.4, -0.2) is 44.0 Å². The second-order valence-electron chi connectivity index (χ2n) is 6.70. The highest BCUT2D eigenvalue weighted by Gasteiger charge is 2.16. The Balaban J connectivity index is 1.74. The molecule has 0 radical (unpaired) electrons. The number of hydrogen-bond acceptors (Lipinski definition) is 3. The van der Waals surface area contributed by atoms with Gasteiger partial charge in [0.2, 0.25) is 0 Å². The van der Waals surface area contributed by atoms with Gasteiger partial charge in [0.05, 0.1) is 0 Å². The first kappa shape index (κ1) is 17.4. The second kappa shape index (κ2) is 7.23. The summed E-state index contributed by atoms with van der Waals surface area (Å²) in [5.74, 6) is -0.693. The van der Waals surface area contributed by atoms with Crippen LogP contribution in [0.25, 0.3) is 0 Å². The summed E-state index contributed by atoms with van der Waals surface area (Å²) in [4.78, 5) is 17.1. The van der Waals surface area contributed by atoms with E-state index in [0.717, 1.165) is 43.0 Å². The Kier molecular flexibility index (Phi) is 5.04. The largest absolute Gasteiger partial charge is 0.369 e. The lowest BCUT2D eigenvalue weighted by molar-refractivity contribution is 0.102. The van der Waals surface area contributed by atoms with Gasteiger partial charge in [-0.25, -0.2) is 4.39 Å². The van der Waals surface area contributed by atoms with Crippen molar-refractivity contribution >= 4 is 17.3 Å². The number of piperazine rings is 1. The van der Waals surface area contributed by atoms with Gasteiger partial charge in [-0.05, 0) is 62.4 Å². The number of hydrogen-bond donors (Lipinski definition) is 1. The third-order valence-corrected chi connectivity index (χ3v) is 4.74. The van der Waals surface area contributed by atoms with E-state index < -0.39 is 5.82 Å². The third kappa shape index (κ3) is 3.99. The fraction of sp³-hybridized carbons (Fsp3) is 0.350. The summed E-state index contributed by atoms with van der Waals surface area (Å²) in [5.41, 5.74) is 4.17. The van der Waals surface area contributed by atoms with E-state index in [2.05, 4.69) is 35.2 Å². The van der Waals surface area contributed by atoms with Crippen LogP contribution in [0.15, 0.2) is 36.4 Å². The van der Waals surface area contributed by atoms with E-state index in [0.29, 0.717) is 5.56 Å². The quantitative estimate of drug-likeness (QED) is 0.929. The molecule has 1 aliphatic heterocycles. The maximum Gasteiger partial charge on any atom is 0.256 e. The van der Waals surface area contributed by atoms with Crippen LogP contribution in [0.5, 0.6) is 0 Å². The monoisotopic (exact) mass is 341 g/mol. The van der Waals surface area contributed by atoms with Gasteiger partial charge in [-0.2, -0.15) is 0 Å². The molecule has 0 saturated carbocycles. The lowest BCUT2D eigenvalue weighted by Crippen LogP contribution is -2.44. The topological polar surface area (TPSA) is 35.6 Å². The van der Waals surface area contributed by atoms with E-state index in [9.17, 15) is 9.18 Å². The minimum Gasteiger partial charge on any atom is -0.369 e. The van der Waals surface area contributed by atoms with Crippen molar-refractivity contribution in [2.75, 3.05) is 43.4 Å². The van der Waals surface area contributed by atoms with Crippen LogP contribution < -0.4 is 10.2 Å². The van der Waals surface area contributed by atoms with E-state index >= 15 is 0 Å². The molecule has 25 heavy (non-hydrogen) atoms. The molecule has 4 nitrogen and oxygen atoms in total. The maximum atomic E-state index is 13.4. The zero-order valence-corrected chi connectivity index (χ0v) is 15.0. The molecule has 1 saturated heterocycles. The molecule has 2 aromatic carbocycles. The number of amides is 1. The van der Waals surface area contributed by atoms with E-state index in [-0.39, 0.29) is 5.91 Å². The van der Waals surface area contributed by atoms with Crippen molar-refractivity contribution in [2.24, 2.45) is 0 Å². The Morgan fingerprint density at radius 2 is 1.72 bits per heavy atom. The number of nitrogens with zero attached hydrogens (tertiary/aromatic N) is 2. The highest BCUT2D eigenvalue weighted by molar-refractivity contribution is 6.05. The molecule has 0 atom stereocenters. The Morgan fingerprint density at radius 3 is 2.40 bits per heavy atom. The number of likely N-dealkylation sites (N-methyl/N-ethyl adjacent to an activating group) is 1. The van der Waals surface area contributed by atoms with Gasteiger partial charge in [0, 0.05) is 43.1 Å². The first-order valence-electron chi connectivity index (χ1n) is 8.55. The highest BCUT2D eigenvalue weighted by Crippen LogP contribution is 2.25. The number of carbonyl (C=O) groups is 1. The summed E-state index contributed by atoms with van der Waals surface area (Å²) in [6.07, 6.45) is 0. The van der Waals surface area contributed by atoms with Gasteiger partial charge in [-0.3, -0.25) is 4.79 Å². The molecule has 1 heterocycles. The van der Waals surface area contributed by atoms with Crippen LogP contribution in [0.3, 0.4) is 0 Å².